The van der Waals surface area contributed by atoms with Crippen molar-refractivity contribution in [1.82, 2.24) is 0 Å². The first-order chi connectivity index (χ1) is 8.49. The lowest BCUT2D eigenvalue weighted by atomic mass is 10.3. The van der Waals surface area contributed by atoms with E-state index in [-0.39, 0.29) is 27.7 Å². The lowest BCUT2D eigenvalue weighted by Crippen LogP contribution is -2.25. The van der Waals surface area contributed by atoms with Gasteiger partial charge in [0.1, 0.15) is 10.8 Å². The Morgan fingerprint density at radius 2 is 2.28 bits per heavy atom. The molecular formula is C12H11ClFNO2S. The molecule has 0 radical (unpaired) electrons. The average Bonchev–Trinajstić information content (AvgIpc) is 2.62. The standard InChI is InChI=1S/C12H11ClFNO2S/c1-7(16)18-8-5-11(17)15(6-8)10-4-2-3-9(14)12(10)13/h2-4,8H,5-6H2,1H3. The minimum absolute atomic E-state index is 0.0278. The Bertz CT molecular complexity index is 509. The van der Waals surface area contributed by atoms with Gasteiger partial charge in [0.2, 0.25) is 5.91 Å². The van der Waals surface area contributed by atoms with E-state index in [1.165, 1.54) is 24.0 Å². The van der Waals surface area contributed by atoms with Crippen LogP contribution in [0.25, 0.3) is 0 Å². The van der Waals surface area contributed by atoms with Crippen molar-refractivity contribution in [3.63, 3.8) is 0 Å². The molecule has 0 aliphatic carbocycles. The van der Waals surface area contributed by atoms with Crippen LogP contribution in [0.2, 0.25) is 5.02 Å². The van der Waals surface area contributed by atoms with Gasteiger partial charge in [-0.05, 0) is 12.1 Å². The molecule has 1 heterocycles. The third-order valence-corrected chi connectivity index (χ3v) is 4.00. The van der Waals surface area contributed by atoms with Crippen LogP contribution in [-0.2, 0) is 9.59 Å². The fourth-order valence-electron chi connectivity index (χ4n) is 1.92. The van der Waals surface area contributed by atoms with Gasteiger partial charge in [0.25, 0.3) is 0 Å². The number of amides is 1. The second-order valence-electron chi connectivity index (χ2n) is 4.01. The first-order valence-electron chi connectivity index (χ1n) is 5.40. The van der Waals surface area contributed by atoms with E-state index < -0.39 is 5.82 Å². The topological polar surface area (TPSA) is 37.4 Å². The maximum Gasteiger partial charge on any atom is 0.228 e. The zero-order valence-electron chi connectivity index (χ0n) is 9.65. The number of thioether (sulfide) groups is 1. The SMILES string of the molecule is CC(=O)SC1CC(=O)N(c2cccc(F)c2Cl)C1. The summed E-state index contributed by atoms with van der Waals surface area (Å²) < 4.78 is 13.3. The first-order valence-corrected chi connectivity index (χ1v) is 6.66. The van der Waals surface area contributed by atoms with Gasteiger partial charge in [-0.15, -0.1) is 0 Å². The van der Waals surface area contributed by atoms with E-state index in [4.69, 9.17) is 11.6 Å². The van der Waals surface area contributed by atoms with Gasteiger partial charge in [-0.1, -0.05) is 29.4 Å². The highest BCUT2D eigenvalue weighted by atomic mass is 35.5. The Morgan fingerprint density at radius 1 is 1.56 bits per heavy atom. The van der Waals surface area contributed by atoms with Crippen LogP contribution in [-0.4, -0.2) is 22.8 Å². The number of rotatable bonds is 2. The van der Waals surface area contributed by atoms with Crippen LogP contribution in [0.5, 0.6) is 0 Å². The molecule has 1 aliphatic heterocycles. The Hall–Kier alpha value is -1.07. The Morgan fingerprint density at radius 3 is 2.94 bits per heavy atom. The van der Waals surface area contributed by atoms with Crippen molar-refractivity contribution in [2.24, 2.45) is 0 Å². The zero-order chi connectivity index (χ0) is 13.3. The molecule has 0 spiro atoms. The molecular weight excluding hydrogens is 277 g/mol. The number of benzene rings is 1. The van der Waals surface area contributed by atoms with E-state index in [1.807, 2.05) is 0 Å². The maximum atomic E-state index is 13.3. The molecule has 0 N–H and O–H groups in total. The smallest absolute Gasteiger partial charge is 0.228 e. The summed E-state index contributed by atoms with van der Waals surface area (Å²) >= 11 is 6.99. The van der Waals surface area contributed by atoms with Crippen molar-refractivity contribution in [3.8, 4) is 0 Å². The van der Waals surface area contributed by atoms with Crippen molar-refractivity contribution in [3.05, 3.63) is 29.0 Å². The summed E-state index contributed by atoms with van der Waals surface area (Å²) in [6, 6.07) is 4.35. The molecule has 1 aromatic rings. The summed E-state index contributed by atoms with van der Waals surface area (Å²) in [5.41, 5.74) is 0.369. The lowest BCUT2D eigenvalue weighted by Gasteiger charge is -2.18. The molecule has 1 fully saturated rings. The van der Waals surface area contributed by atoms with Crippen LogP contribution in [0.15, 0.2) is 18.2 Å². The third kappa shape index (κ3) is 2.67. The van der Waals surface area contributed by atoms with Crippen LogP contribution in [0, 0.1) is 5.82 Å². The predicted octanol–water partition coefficient (Wildman–Crippen LogP) is 2.86. The first kappa shape index (κ1) is 13.4. The summed E-state index contributed by atoms with van der Waals surface area (Å²) in [7, 11) is 0. The van der Waals surface area contributed by atoms with E-state index in [0.717, 1.165) is 11.8 Å². The highest BCUT2D eigenvalue weighted by Crippen LogP contribution is 2.34. The molecule has 18 heavy (non-hydrogen) atoms. The van der Waals surface area contributed by atoms with E-state index in [1.54, 1.807) is 6.07 Å². The quantitative estimate of drug-likeness (QED) is 0.839. The fraction of sp³-hybridized carbons (Fsp3) is 0.333. The van der Waals surface area contributed by atoms with Crippen molar-refractivity contribution < 1.29 is 14.0 Å². The molecule has 1 aromatic carbocycles. The van der Waals surface area contributed by atoms with Gasteiger partial charge in [-0.2, -0.15) is 0 Å². The number of anilines is 1. The zero-order valence-corrected chi connectivity index (χ0v) is 11.2. The van der Waals surface area contributed by atoms with Crippen LogP contribution in [0.3, 0.4) is 0 Å². The molecule has 1 saturated heterocycles. The third-order valence-electron chi connectivity index (χ3n) is 2.64. The van der Waals surface area contributed by atoms with Gasteiger partial charge >= 0.3 is 0 Å². The molecule has 1 amide bonds. The van der Waals surface area contributed by atoms with E-state index in [0.29, 0.717) is 12.2 Å². The van der Waals surface area contributed by atoms with Crippen LogP contribution in [0.4, 0.5) is 10.1 Å². The van der Waals surface area contributed by atoms with Crippen molar-refractivity contribution in [1.29, 1.82) is 0 Å². The molecule has 1 aliphatic rings. The molecule has 2 rings (SSSR count). The number of carbonyl (C=O) groups excluding carboxylic acids is 2. The van der Waals surface area contributed by atoms with Gasteiger partial charge in [0.05, 0.1) is 5.69 Å². The average molecular weight is 288 g/mol. The summed E-state index contributed by atoms with van der Waals surface area (Å²) in [6.45, 7) is 1.85. The fourth-order valence-corrected chi connectivity index (χ4v) is 3.07. The number of hydrogen-bond donors (Lipinski definition) is 0. The molecule has 1 atom stereocenters. The molecule has 96 valence electrons. The Kier molecular flexibility index (Phi) is 3.92. The van der Waals surface area contributed by atoms with Crippen molar-refractivity contribution in [2.45, 2.75) is 18.6 Å². The van der Waals surface area contributed by atoms with E-state index >= 15 is 0 Å². The van der Waals surface area contributed by atoms with Gasteiger partial charge in [0.15, 0.2) is 5.12 Å². The number of hydrogen-bond acceptors (Lipinski definition) is 3. The molecule has 0 saturated carbocycles. The monoisotopic (exact) mass is 287 g/mol. The summed E-state index contributed by atoms with van der Waals surface area (Å²) in [4.78, 5) is 24.3. The van der Waals surface area contributed by atoms with Gasteiger partial charge < -0.3 is 4.90 Å². The predicted molar refractivity (Wildman–Crippen MR) is 70.4 cm³/mol. The number of carbonyl (C=O) groups is 2. The van der Waals surface area contributed by atoms with Gasteiger partial charge in [-0.25, -0.2) is 4.39 Å². The van der Waals surface area contributed by atoms with E-state index in [2.05, 4.69) is 0 Å². The molecule has 1 unspecified atom stereocenters. The Labute approximate surface area is 113 Å². The number of nitrogens with zero attached hydrogens (tertiary/aromatic N) is 1. The molecule has 6 heteroatoms. The second-order valence-corrected chi connectivity index (χ2v) is 5.87. The van der Waals surface area contributed by atoms with Crippen LogP contribution < -0.4 is 4.90 Å². The Balaban J connectivity index is 2.22. The summed E-state index contributed by atoms with van der Waals surface area (Å²) in [5, 5.41) is -0.173. The number of halogens is 2. The molecule has 0 bridgehead atoms. The second kappa shape index (κ2) is 5.28. The maximum absolute atomic E-state index is 13.3. The van der Waals surface area contributed by atoms with Crippen molar-refractivity contribution in [2.75, 3.05) is 11.4 Å². The van der Waals surface area contributed by atoms with Crippen LogP contribution >= 0.6 is 23.4 Å². The highest BCUT2D eigenvalue weighted by Gasteiger charge is 2.33. The molecule has 3 nitrogen and oxygen atoms in total. The minimum Gasteiger partial charge on any atom is -0.310 e. The minimum atomic E-state index is -0.551. The normalized spacial score (nSPS) is 19.4. The largest absolute Gasteiger partial charge is 0.310 e. The van der Waals surface area contributed by atoms with Crippen molar-refractivity contribution >= 4 is 40.1 Å². The molecule has 0 aromatic heterocycles. The summed E-state index contributed by atoms with van der Waals surface area (Å²) in [6.07, 6.45) is 0.275. The lowest BCUT2D eigenvalue weighted by molar-refractivity contribution is -0.117. The van der Waals surface area contributed by atoms with Crippen LogP contribution in [0.1, 0.15) is 13.3 Å². The van der Waals surface area contributed by atoms with Gasteiger partial charge in [0, 0.05) is 25.1 Å². The van der Waals surface area contributed by atoms with Gasteiger partial charge in [-0.3, -0.25) is 9.59 Å². The summed E-state index contributed by atoms with van der Waals surface area (Å²) in [5.74, 6) is -0.689. The highest BCUT2D eigenvalue weighted by molar-refractivity contribution is 8.14. The van der Waals surface area contributed by atoms with E-state index in [9.17, 15) is 14.0 Å².